The van der Waals surface area contributed by atoms with E-state index in [1.807, 2.05) is 0 Å². The Kier molecular flexibility index (Phi) is 16.0. The minimum absolute atomic E-state index is 0.131. The van der Waals surface area contributed by atoms with Crippen LogP contribution in [0.5, 0.6) is 0 Å². The summed E-state index contributed by atoms with van der Waals surface area (Å²) in [6.45, 7) is 14.9. The van der Waals surface area contributed by atoms with Gasteiger partial charge in [-0.2, -0.15) is 0 Å². The number of halogens is 1. The number of fused-ring (bicyclic) bond motifs is 1. The number of aromatic nitrogens is 4. The monoisotopic (exact) mass is 819 g/mol. The van der Waals surface area contributed by atoms with Crippen molar-refractivity contribution in [3.63, 3.8) is 0 Å². The van der Waals surface area contributed by atoms with Crippen LogP contribution >= 0.6 is 0 Å². The molecule has 6 heterocycles. The molecule has 4 aromatic rings. The number of hydrogen-bond acceptors (Lipinski definition) is 12. The van der Waals surface area contributed by atoms with Crippen LogP contribution in [0.2, 0.25) is 0 Å². The molecule has 0 bridgehead atoms. The van der Waals surface area contributed by atoms with Gasteiger partial charge in [-0.05, 0) is 63.1 Å². The highest BCUT2D eigenvalue weighted by Crippen LogP contribution is 2.34. The van der Waals surface area contributed by atoms with Crippen LogP contribution in [-0.4, -0.2) is 155 Å². The van der Waals surface area contributed by atoms with Gasteiger partial charge in [-0.1, -0.05) is 0 Å². The SMILES string of the molecule is Cc1[nH]c(/C=C2\C(=O)Nc3ccc(F)cc32)c(C)c1C(=O)NC[C@H](O)CN1CCOCC1.Cc1[nH]c(C=O)c(C)c1C(=O)n1ccnc1.NCC(O)CN1CCOCC1. The molecule has 2 saturated heterocycles. The quantitative estimate of drug-likeness (QED) is 0.0846. The fourth-order valence-corrected chi connectivity index (χ4v) is 7.03. The van der Waals surface area contributed by atoms with E-state index in [-0.39, 0.29) is 30.4 Å². The van der Waals surface area contributed by atoms with Crippen molar-refractivity contribution in [1.29, 1.82) is 0 Å². The van der Waals surface area contributed by atoms with Crippen LogP contribution in [0.15, 0.2) is 36.9 Å². The second kappa shape index (κ2) is 21.1. The lowest BCUT2D eigenvalue weighted by Gasteiger charge is -2.28. The molecule has 1 aromatic carbocycles. The fourth-order valence-electron chi connectivity index (χ4n) is 7.03. The molecule has 3 aliphatic heterocycles. The first-order valence-electron chi connectivity index (χ1n) is 19.4. The number of anilines is 1. The Balaban J connectivity index is 0.000000202. The summed E-state index contributed by atoms with van der Waals surface area (Å²) in [4.78, 5) is 62.1. The van der Waals surface area contributed by atoms with Crippen molar-refractivity contribution in [3.05, 3.63) is 93.3 Å². The first-order chi connectivity index (χ1) is 28.3. The van der Waals surface area contributed by atoms with Gasteiger partial charge < -0.3 is 46.0 Å². The van der Waals surface area contributed by atoms with Crippen molar-refractivity contribution < 1.29 is 43.3 Å². The highest BCUT2D eigenvalue weighted by Gasteiger charge is 2.27. The maximum atomic E-state index is 13.7. The fraction of sp³-hybridized carbons (Fsp3) is 0.439. The molecule has 1 unspecified atom stereocenters. The van der Waals surface area contributed by atoms with E-state index in [9.17, 15) is 33.8 Å². The minimum Gasteiger partial charge on any atom is -0.390 e. The zero-order valence-corrected chi connectivity index (χ0v) is 33.8. The van der Waals surface area contributed by atoms with Crippen molar-refractivity contribution in [1.82, 2.24) is 34.6 Å². The summed E-state index contributed by atoms with van der Waals surface area (Å²) in [7, 11) is 0. The minimum atomic E-state index is -0.688. The zero-order chi connectivity index (χ0) is 42.6. The van der Waals surface area contributed by atoms with Crippen molar-refractivity contribution in [2.45, 2.75) is 39.9 Å². The number of carbonyl (C=O) groups excluding carboxylic acids is 4. The van der Waals surface area contributed by atoms with Crippen LogP contribution in [0.25, 0.3) is 11.6 Å². The van der Waals surface area contributed by atoms with Crippen molar-refractivity contribution >= 4 is 41.3 Å². The van der Waals surface area contributed by atoms with Gasteiger partial charge in [-0.15, -0.1) is 0 Å². The number of morpholine rings is 2. The first kappa shape index (κ1) is 44.8. The molecule has 318 valence electrons. The van der Waals surface area contributed by atoms with Gasteiger partial charge in [0.15, 0.2) is 6.29 Å². The number of amides is 2. The van der Waals surface area contributed by atoms with Gasteiger partial charge in [0.1, 0.15) is 12.1 Å². The second-order valence-corrected chi connectivity index (χ2v) is 14.5. The molecule has 2 fully saturated rings. The molecule has 0 saturated carbocycles. The Morgan fingerprint density at radius 2 is 1.53 bits per heavy atom. The standard InChI is InChI=1S/C23H27FN4O4.C11H11N3O2.C7H16N2O2/c1-13-20(10-18-17-9-15(24)3-4-19(17)27-22(18)30)26-14(2)21(13)23(31)25-11-16(29)12-28-5-7-32-8-6-28;1-7-9(5-15)13-8(2)10(7)11(16)14-4-3-12-6-14;8-5-7(10)6-9-1-3-11-4-2-9/h3-4,9-10,16,26,29H,5-8,11-12H2,1-2H3,(H,25,31)(H,27,30);3-6,13H,1-2H3;7,10H,1-6,8H2/b18-10-;;/t16-;;/m0../s1. The third-order valence-corrected chi connectivity index (χ3v) is 10.2. The topological polar surface area (TPSA) is 233 Å². The van der Waals surface area contributed by atoms with Crippen molar-refractivity contribution in [2.75, 3.05) is 84.1 Å². The third kappa shape index (κ3) is 11.7. The summed E-state index contributed by atoms with van der Waals surface area (Å²) < 4.78 is 25.5. The van der Waals surface area contributed by atoms with E-state index in [0.29, 0.717) is 101 Å². The molecule has 3 aliphatic rings. The number of rotatable bonds is 11. The lowest BCUT2D eigenvalue weighted by Crippen LogP contribution is -2.44. The first-order valence-corrected chi connectivity index (χ1v) is 19.4. The zero-order valence-electron chi connectivity index (χ0n) is 33.8. The average molecular weight is 820 g/mol. The Hall–Kier alpha value is -5.34. The Morgan fingerprint density at radius 1 is 0.932 bits per heavy atom. The molecule has 3 aromatic heterocycles. The van der Waals surface area contributed by atoms with Crippen LogP contribution in [0.1, 0.15) is 65.0 Å². The largest absolute Gasteiger partial charge is 0.390 e. The number of aromatic amines is 2. The van der Waals surface area contributed by atoms with Crippen LogP contribution in [0.4, 0.5) is 10.1 Å². The predicted octanol–water partition coefficient (Wildman–Crippen LogP) is 1.65. The van der Waals surface area contributed by atoms with Gasteiger partial charge in [0, 0.05) is 93.1 Å². The van der Waals surface area contributed by atoms with Gasteiger partial charge in [-0.25, -0.2) is 9.37 Å². The number of hydrogen-bond donors (Lipinski definition) is 7. The number of ether oxygens (including phenoxy) is 2. The van der Waals surface area contributed by atoms with E-state index >= 15 is 0 Å². The average Bonchev–Trinajstić information content (AvgIpc) is 4.00. The molecule has 8 N–H and O–H groups in total. The number of aliphatic hydroxyl groups excluding tert-OH is 2. The molecule has 0 aliphatic carbocycles. The van der Waals surface area contributed by atoms with E-state index in [2.05, 4.69) is 35.4 Å². The van der Waals surface area contributed by atoms with Crippen LogP contribution in [-0.2, 0) is 14.3 Å². The van der Waals surface area contributed by atoms with Gasteiger partial charge in [0.05, 0.1) is 61.0 Å². The molecule has 2 atom stereocenters. The molecular weight excluding hydrogens is 766 g/mol. The molecule has 17 nitrogen and oxygen atoms in total. The van der Waals surface area contributed by atoms with E-state index in [4.69, 9.17) is 15.2 Å². The Morgan fingerprint density at radius 3 is 2.10 bits per heavy atom. The van der Waals surface area contributed by atoms with Crippen LogP contribution in [0, 0.1) is 33.5 Å². The number of aryl methyl sites for hydroxylation is 2. The Labute approximate surface area is 341 Å². The van der Waals surface area contributed by atoms with E-state index in [1.54, 1.807) is 40.0 Å². The summed E-state index contributed by atoms with van der Waals surface area (Å²) in [5, 5.41) is 25.0. The lowest BCUT2D eigenvalue weighted by atomic mass is 10.0. The normalized spacial score (nSPS) is 17.2. The number of benzene rings is 1. The van der Waals surface area contributed by atoms with E-state index in [0.717, 1.165) is 39.4 Å². The number of carbonyl (C=O) groups is 4. The number of nitrogens with two attached hydrogens (primary N) is 1. The molecule has 0 spiro atoms. The number of H-pyrrole nitrogens is 2. The lowest BCUT2D eigenvalue weighted by molar-refractivity contribution is -0.110. The highest BCUT2D eigenvalue weighted by molar-refractivity contribution is 6.35. The number of nitrogens with one attached hydrogen (secondary N) is 4. The highest BCUT2D eigenvalue weighted by atomic mass is 19.1. The molecule has 18 heteroatoms. The third-order valence-electron chi connectivity index (χ3n) is 10.2. The molecule has 2 amide bonds. The van der Waals surface area contributed by atoms with Crippen LogP contribution in [0.3, 0.4) is 0 Å². The van der Waals surface area contributed by atoms with Gasteiger partial charge in [0.2, 0.25) is 0 Å². The maximum Gasteiger partial charge on any atom is 0.265 e. The van der Waals surface area contributed by atoms with E-state index in [1.165, 1.54) is 35.3 Å². The number of aliphatic hydroxyl groups is 2. The van der Waals surface area contributed by atoms with Gasteiger partial charge in [0.25, 0.3) is 17.7 Å². The second-order valence-electron chi connectivity index (χ2n) is 14.5. The van der Waals surface area contributed by atoms with Crippen LogP contribution < -0.4 is 16.4 Å². The Bertz CT molecular complexity index is 2100. The van der Waals surface area contributed by atoms with E-state index < -0.39 is 11.9 Å². The number of aldehydes is 1. The summed E-state index contributed by atoms with van der Waals surface area (Å²) in [5.41, 5.74) is 11.4. The summed E-state index contributed by atoms with van der Waals surface area (Å²) in [5.74, 6) is -1.24. The number of nitrogens with zero attached hydrogens (tertiary/aromatic N) is 4. The maximum absolute atomic E-state index is 13.7. The summed E-state index contributed by atoms with van der Waals surface area (Å²) in [6.07, 6.45) is 5.83. The molecular formula is C41H54FN9O8. The summed E-state index contributed by atoms with van der Waals surface area (Å²) in [6, 6.07) is 4.13. The van der Waals surface area contributed by atoms with Gasteiger partial charge in [-0.3, -0.25) is 33.5 Å². The molecule has 0 radical (unpaired) electrons. The number of β-amino-alcohol motifs (C(OH)–C–C–N with tert-alkyl or cyclic N) is 2. The van der Waals surface area contributed by atoms with Crippen molar-refractivity contribution in [3.8, 4) is 0 Å². The molecule has 7 rings (SSSR count). The molecule has 59 heavy (non-hydrogen) atoms. The smallest absolute Gasteiger partial charge is 0.265 e. The number of imidazole rings is 1. The van der Waals surface area contributed by atoms with Crippen molar-refractivity contribution in [2.24, 2.45) is 5.73 Å². The predicted molar refractivity (Wildman–Crippen MR) is 219 cm³/mol. The van der Waals surface area contributed by atoms with Gasteiger partial charge >= 0.3 is 0 Å². The summed E-state index contributed by atoms with van der Waals surface area (Å²) >= 11 is 0.